The van der Waals surface area contributed by atoms with Crippen molar-refractivity contribution in [3.8, 4) is 0 Å². The molecule has 0 bridgehead atoms. The summed E-state index contributed by atoms with van der Waals surface area (Å²) in [5, 5.41) is 1.35. The Hall–Kier alpha value is -2.93. The van der Waals surface area contributed by atoms with Crippen LogP contribution in [0.3, 0.4) is 0 Å². The molecule has 1 aliphatic heterocycles. The molecule has 0 saturated carbocycles. The van der Waals surface area contributed by atoms with Gasteiger partial charge in [-0.1, -0.05) is 60.1 Å². The molecule has 0 atom stereocenters. The largest absolute Gasteiger partial charge is 0.340 e. The van der Waals surface area contributed by atoms with Gasteiger partial charge in [-0.05, 0) is 54.8 Å². The van der Waals surface area contributed by atoms with E-state index in [1.54, 1.807) is 36.4 Å². The first-order chi connectivity index (χ1) is 16.4. The molecule has 4 nitrogen and oxygen atoms in total. The summed E-state index contributed by atoms with van der Waals surface area (Å²) in [6.07, 6.45) is 2.59. The Bertz CT molecular complexity index is 1520. The quantitative estimate of drug-likeness (QED) is 0.328. The molecule has 3 aromatic carbocycles. The Labute approximate surface area is 203 Å². The molecule has 1 aliphatic rings. The molecule has 0 radical (unpaired) electrons. The molecule has 174 valence electrons. The van der Waals surface area contributed by atoms with Crippen LogP contribution in [0.2, 0.25) is 5.02 Å². The standard InChI is InChI=1S/C27H24ClFN2O2S/c1-19-27(21-13-15-30(16-14-21)34(32,33)26-12-5-3-10-24(26)28)23-9-2-4-11-25(23)31(19)18-20-7-6-8-22(29)17-20/h2-13,17H,14-16,18H2,1H3. The van der Waals surface area contributed by atoms with Gasteiger partial charge in [-0.3, -0.25) is 0 Å². The Morgan fingerprint density at radius 1 is 1.00 bits per heavy atom. The average molecular weight is 495 g/mol. The summed E-state index contributed by atoms with van der Waals surface area (Å²) in [7, 11) is -3.67. The van der Waals surface area contributed by atoms with Crippen molar-refractivity contribution < 1.29 is 12.8 Å². The topological polar surface area (TPSA) is 42.3 Å². The first-order valence-electron chi connectivity index (χ1n) is 11.1. The summed E-state index contributed by atoms with van der Waals surface area (Å²) in [4.78, 5) is 0.136. The van der Waals surface area contributed by atoms with E-state index in [2.05, 4.69) is 23.6 Å². The molecule has 0 fully saturated rings. The van der Waals surface area contributed by atoms with Crippen LogP contribution in [0.5, 0.6) is 0 Å². The van der Waals surface area contributed by atoms with Crippen LogP contribution in [0, 0.1) is 12.7 Å². The number of nitrogens with zero attached hydrogens (tertiary/aromatic N) is 2. The minimum Gasteiger partial charge on any atom is -0.340 e. The molecule has 7 heteroatoms. The SMILES string of the molecule is Cc1c(C2=CCN(S(=O)(=O)c3ccccc3Cl)CC2)c2ccccc2n1Cc1cccc(F)c1. The Morgan fingerprint density at radius 2 is 1.76 bits per heavy atom. The molecule has 0 saturated heterocycles. The number of benzene rings is 3. The lowest BCUT2D eigenvalue weighted by atomic mass is 9.97. The minimum atomic E-state index is -3.67. The zero-order chi connectivity index (χ0) is 23.9. The van der Waals surface area contributed by atoms with Gasteiger partial charge < -0.3 is 4.57 Å². The van der Waals surface area contributed by atoms with Crippen molar-refractivity contribution in [2.45, 2.75) is 24.8 Å². The molecule has 4 aromatic rings. The van der Waals surface area contributed by atoms with Crippen molar-refractivity contribution in [3.63, 3.8) is 0 Å². The third-order valence-electron chi connectivity index (χ3n) is 6.41. The van der Waals surface area contributed by atoms with Crippen LogP contribution >= 0.6 is 11.6 Å². The first-order valence-corrected chi connectivity index (χ1v) is 12.9. The van der Waals surface area contributed by atoms with E-state index < -0.39 is 10.0 Å². The van der Waals surface area contributed by atoms with Gasteiger partial charge in [-0.15, -0.1) is 0 Å². The van der Waals surface area contributed by atoms with Gasteiger partial charge in [0.15, 0.2) is 0 Å². The van der Waals surface area contributed by atoms with Crippen LogP contribution in [0.4, 0.5) is 4.39 Å². The molecule has 0 amide bonds. The molecule has 2 heterocycles. The number of rotatable bonds is 5. The molecular formula is C27H24ClFN2O2S. The number of aromatic nitrogens is 1. The van der Waals surface area contributed by atoms with Crippen molar-refractivity contribution >= 4 is 38.1 Å². The molecule has 0 N–H and O–H groups in total. The van der Waals surface area contributed by atoms with Crippen LogP contribution in [0.25, 0.3) is 16.5 Å². The van der Waals surface area contributed by atoms with E-state index in [1.807, 2.05) is 24.3 Å². The highest BCUT2D eigenvalue weighted by Gasteiger charge is 2.29. The number of halogens is 2. The summed E-state index contributed by atoms with van der Waals surface area (Å²) in [6, 6.07) is 21.4. The van der Waals surface area contributed by atoms with E-state index in [0.29, 0.717) is 19.5 Å². The lowest BCUT2D eigenvalue weighted by Crippen LogP contribution is -2.34. The van der Waals surface area contributed by atoms with Crippen molar-refractivity contribution in [2.24, 2.45) is 0 Å². The zero-order valence-corrected chi connectivity index (χ0v) is 20.3. The van der Waals surface area contributed by atoms with Crippen LogP contribution in [-0.4, -0.2) is 30.4 Å². The molecule has 0 spiro atoms. The van der Waals surface area contributed by atoms with Crippen LogP contribution in [-0.2, 0) is 16.6 Å². The Balaban J connectivity index is 1.50. The van der Waals surface area contributed by atoms with E-state index in [1.165, 1.54) is 10.4 Å². The van der Waals surface area contributed by atoms with Gasteiger partial charge in [0.25, 0.3) is 0 Å². The van der Waals surface area contributed by atoms with Crippen molar-refractivity contribution in [2.75, 3.05) is 13.1 Å². The molecule has 0 aliphatic carbocycles. The second-order valence-electron chi connectivity index (χ2n) is 8.47. The summed E-state index contributed by atoms with van der Waals surface area (Å²) in [5.74, 6) is -0.248. The van der Waals surface area contributed by atoms with E-state index in [0.717, 1.165) is 33.3 Å². The predicted octanol–water partition coefficient (Wildman–Crippen LogP) is 6.27. The molecule has 34 heavy (non-hydrogen) atoms. The Kier molecular flexibility index (Phi) is 6.06. The highest BCUT2D eigenvalue weighted by atomic mass is 35.5. The Morgan fingerprint density at radius 3 is 2.50 bits per heavy atom. The van der Waals surface area contributed by atoms with Gasteiger partial charge in [-0.2, -0.15) is 4.31 Å². The van der Waals surface area contributed by atoms with Gasteiger partial charge >= 0.3 is 0 Å². The maximum absolute atomic E-state index is 13.8. The van der Waals surface area contributed by atoms with E-state index >= 15 is 0 Å². The normalized spacial score (nSPS) is 15.0. The van der Waals surface area contributed by atoms with Crippen molar-refractivity contribution in [3.05, 3.63) is 107 Å². The molecule has 5 rings (SSSR count). The fraction of sp³-hybridized carbons (Fsp3) is 0.185. The number of sulfonamides is 1. The number of hydrogen-bond donors (Lipinski definition) is 0. The van der Waals surface area contributed by atoms with E-state index in [4.69, 9.17) is 11.6 Å². The summed E-state index contributed by atoms with van der Waals surface area (Å²) in [5.41, 5.74) is 5.30. The van der Waals surface area contributed by atoms with Crippen LogP contribution < -0.4 is 0 Å². The third-order valence-corrected chi connectivity index (χ3v) is 8.77. The maximum atomic E-state index is 13.8. The molecule has 0 unspecified atom stereocenters. The predicted molar refractivity (Wildman–Crippen MR) is 135 cm³/mol. The van der Waals surface area contributed by atoms with Crippen molar-refractivity contribution in [1.29, 1.82) is 0 Å². The van der Waals surface area contributed by atoms with Crippen LogP contribution in [0.15, 0.2) is 83.8 Å². The van der Waals surface area contributed by atoms with Gasteiger partial charge in [0.1, 0.15) is 10.7 Å². The highest BCUT2D eigenvalue weighted by molar-refractivity contribution is 7.89. The second kappa shape index (κ2) is 9.02. The first kappa shape index (κ1) is 22.8. The summed E-state index contributed by atoms with van der Waals surface area (Å²) >= 11 is 6.17. The minimum absolute atomic E-state index is 0.136. The van der Waals surface area contributed by atoms with Gasteiger partial charge in [0.05, 0.1) is 5.02 Å². The third kappa shape index (κ3) is 4.06. The fourth-order valence-electron chi connectivity index (χ4n) is 4.75. The van der Waals surface area contributed by atoms with Crippen LogP contribution in [0.1, 0.15) is 23.2 Å². The van der Waals surface area contributed by atoms with Gasteiger partial charge in [-0.25, -0.2) is 12.8 Å². The summed E-state index contributed by atoms with van der Waals surface area (Å²) in [6.45, 7) is 3.29. The van der Waals surface area contributed by atoms with E-state index in [9.17, 15) is 12.8 Å². The second-order valence-corrected chi connectivity index (χ2v) is 10.8. The smallest absolute Gasteiger partial charge is 0.244 e. The maximum Gasteiger partial charge on any atom is 0.244 e. The zero-order valence-electron chi connectivity index (χ0n) is 18.7. The lowest BCUT2D eigenvalue weighted by Gasteiger charge is -2.26. The fourth-order valence-corrected chi connectivity index (χ4v) is 6.62. The average Bonchev–Trinajstić information content (AvgIpc) is 3.10. The lowest BCUT2D eigenvalue weighted by molar-refractivity contribution is 0.441. The van der Waals surface area contributed by atoms with Crippen molar-refractivity contribution in [1.82, 2.24) is 8.87 Å². The summed E-state index contributed by atoms with van der Waals surface area (Å²) < 4.78 is 43.7. The highest BCUT2D eigenvalue weighted by Crippen LogP contribution is 2.36. The molecule has 1 aromatic heterocycles. The van der Waals surface area contributed by atoms with Gasteiger partial charge in [0.2, 0.25) is 10.0 Å². The van der Waals surface area contributed by atoms with E-state index in [-0.39, 0.29) is 22.3 Å². The number of fused-ring (bicyclic) bond motifs is 1. The molecular weight excluding hydrogens is 471 g/mol. The van der Waals surface area contributed by atoms with Gasteiger partial charge in [0, 0.05) is 41.8 Å². The monoisotopic (exact) mass is 494 g/mol. The number of para-hydroxylation sites is 1. The number of hydrogen-bond acceptors (Lipinski definition) is 2.